The van der Waals surface area contributed by atoms with Gasteiger partial charge in [0.1, 0.15) is 6.33 Å². The van der Waals surface area contributed by atoms with Crippen LogP contribution in [0.1, 0.15) is 37.0 Å². The number of thioether (sulfide) groups is 1. The van der Waals surface area contributed by atoms with Gasteiger partial charge in [0, 0.05) is 43.2 Å². The standard InChI is InChI=1S/C20H28N6OS/c1-15(28-19-23-21-14-25(19)3)16-5-4-6-17(13-16)22-18(27)26-12-9-20(26)7-10-24(2)11-8-20/h4-6,13-15H,7-12H2,1-3H3,(H,22,27). The summed E-state index contributed by atoms with van der Waals surface area (Å²) in [6.45, 7) is 5.13. The fourth-order valence-electron chi connectivity index (χ4n) is 4.08. The molecule has 1 aromatic heterocycles. The van der Waals surface area contributed by atoms with Gasteiger partial charge in [-0.1, -0.05) is 23.9 Å². The van der Waals surface area contributed by atoms with Crippen LogP contribution in [0.2, 0.25) is 0 Å². The van der Waals surface area contributed by atoms with Gasteiger partial charge >= 0.3 is 6.03 Å². The summed E-state index contributed by atoms with van der Waals surface area (Å²) in [4.78, 5) is 17.3. The van der Waals surface area contributed by atoms with Gasteiger partial charge in [0.2, 0.25) is 0 Å². The van der Waals surface area contributed by atoms with Crippen LogP contribution >= 0.6 is 11.8 Å². The van der Waals surface area contributed by atoms with E-state index in [4.69, 9.17) is 0 Å². The third-order valence-electron chi connectivity index (χ3n) is 6.10. The lowest BCUT2D eigenvalue weighted by atomic mass is 9.77. The topological polar surface area (TPSA) is 66.3 Å². The smallest absolute Gasteiger partial charge is 0.319 e. The molecule has 0 saturated carbocycles. The quantitative estimate of drug-likeness (QED) is 0.797. The van der Waals surface area contributed by atoms with Gasteiger partial charge in [-0.3, -0.25) is 0 Å². The molecule has 0 aliphatic carbocycles. The molecule has 0 bridgehead atoms. The molecule has 28 heavy (non-hydrogen) atoms. The van der Waals surface area contributed by atoms with Crippen molar-refractivity contribution >= 4 is 23.5 Å². The number of amides is 2. The van der Waals surface area contributed by atoms with E-state index in [-0.39, 0.29) is 16.8 Å². The summed E-state index contributed by atoms with van der Waals surface area (Å²) < 4.78 is 1.91. The molecule has 2 aliphatic heterocycles. The highest BCUT2D eigenvalue weighted by Gasteiger charge is 2.48. The molecule has 3 heterocycles. The van der Waals surface area contributed by atoms with Crippen molar-refractivity contribution in [1.82, 2.24) is 24.6 Å². The lowest BCUT2D eigenvalue weighted by molar-refractivity contribution is -0.0166. The van der Waals surface area contributed by atoms with Crippen LogP contribution in [0.25, 0.3) is 0 Å². The second-order valence-electron chi connectivity index (χ2n) is 7.97. The number of aromatic nitrogens is 3. The van der Waals surface area contributed by atoms with Gasteiger partial charge in [-0.15, -0.1) is 10.2 Å². The Morgan fingerprint density at radius 3 is 2.61 bits per heavy atom. The van der Waals surface area contributed by atoms with Crippen LogP contribution in [0, 0.1) is 0 Å². The Hall–Kier alpha value is -2.06. The van der Waals surface area contributed by atoms with Crippen LogP contribution in [-0.4, -0.2) is 62.8 Å². The number of nitrogens with zero attached hydrogens (tertiary/aromatic N) is 5. The molecule has 1 spiro atoms. The Morgan fingerprint density at radius 1 is 1.21 bits per heavy atom. The highest BCUT2D eigenvalue weighted by Crippen LogP contribution is 2.40. The zero-order valence-corrected chi connectivity index (χ0v) is 17.6. The maximum Gasteiger partial charge on any atom is 0.322 e. The molecular formula is C20H28N6OS. The number of piperidine rings is 1. The van der Waals surface area contributed by atoms with Gasteiger partial charge in [0.05, 0.1) is 0 Å². The second-order valence-corrected chi connectivity index (χ2v) is 9.28. The van der Waals surface area contributed by atoms with Crippen molar-refractivity contribution in [2.75, 3.05) is 32.0 Å². The number of anilines is 1. The van der Waals surface area contributed by atoms with Gasteiger partial charge in [-0.05, 0) is 50.9 Å². The summed E-state index contributed by atoms with van der Waals surface area (Å²) in [5.41, 5.74) is 2.08. The minimum absolute atomic E-state index is 0.0292. The number of hydrogen-bond acceptors (Lipinski definition) is 5. The van der Waals surface area contributed by atoms with E-state index in [1.807, 2.05) is 28.6 Å². The van der Waals surface area contributed by atoms with Gasteiger partial charge in [0.15, 0.2) is 5.16 Å². The Balaban J connectivity index is 1.40. The number of urea groups is 1. The first kappa shape index (κ1) is 19.3. The molecule has 2 fully saturated rings. The molecule has 150 valence electrons. The highest BCUT2D eigenvalue weighted by atomic mass is 32.2. The van der Waals surface area contributed by atoms with Crippen molar-refractivity contribution in [2.24, 2.45) is 7.05 Å². The van der Waals surface area contributed by atoms with Crippen molar-refractivity contribution in [2.45, 2.75) is 42.1 Å². The third-order valence-corrected chi connectivity index (χ3v) is 7.30. The zero-order chi connectivity index (χ0) is 19.7. The first-order valence-electron chi connectivity index (χ1n) is 9.85. The summed E-state index contributed by atoms with van der Waals surface area (Å²) in [5, 5.41) is 12.3. The lowest BCUT2D eigenvalue weighted by Gasteiger charge is -2.55. The maximum absolute atomic E-state index is 12.9. The van der Waals surface area contributed by atoms with Crippen LogP contribution in [-0.2, 0) is 7.05 Å². The van der Waals surface area contributed by atoms with Crippen LogP contribution in [0.15, 0.2) is 35.7 Å². The molecule has 1 aromatic carbocycles. The van der Waals surface area contributed by atoms with Crippen LogP contribution in [0.3, 0.4) is 0 Å². The molecule has 1 atom stereocenters. The minimum atomic E-state index is 0.0292. The van der Waals surface area contributed by atoms with Gasteiger partial charge in [-0.2, -0.15) is 0 Å². The number of carbonyl (C=O) groups excluding carboxylic acids is 1. The van der Waals surface area contributed by atoms with E-state index in [0.29, 0.717) is 0 Å². The molecule has 2 aromatic rings. The maximum atomic E-state index is 12.9. The van der Waals surface area contributed by atoms with Crippen molar-refractivity contribution < 1.29 is 4.79 Å². The summed E-state index contributed by atoms with van der Waals surface area (Å²) >= 11 is 1.66. The molecule has 7 nitrogen and oxygen atoms in total. The molecule has 1 N–H and O–H groups in total. The molecule has 4 rings (SSSR count). The first-order chi connectivity index (χ1) is 13.5. The molecular weight excluding hydrogens is 372 g/mol. The third kappa shape index (κ3) is 3.75. The Morgan fingerprint density at radius 2 is 1.96 bits per heavy atom. The summed E-state index contributed by atoms with van der Waals surface area (Å²) in [6, 6.07) is 8.14. The Kier molecular flexibility index (Phi) is 5.33. The van der Waals surface area contributed by atoms with E-state index in [1.54, 1.807) is 18.1 Å². The van der Waals surface area contributed by atoms with E-state index in [9.17, 15) is 4.79 Å². The lowest BCUT2D eigenvalue weighted by Crippen LogP contribution is -2.66. The van der Waals surface area contributed by atoms with Crippen LogP contribution < -0.4 is 5.32 Å². The minimum Gasteiger partial charge on any atom is -0.319 e. The summed E-state index contributed by atoms with van der Waals surface area (Å²) in [5.74, 6) is 0. The normalized spacial score (nSPS) is 20.0. The highest BCUT2D eigenvalue weighted by molar-refractivity contribution is 7.99. The first-order valence-corrected chi connectivity index (χ1v) is 10.7. The summed E-state index contributed by atoms with van der Waals surface area (Å²) in [6.07, 6.45) is 4.97. The van der Waals surface area contributed by atoms with Crippen molar-refractivity contribution in [3.05, 3.63) is 36.2 Å². The number of carbonyl (C=O) groups is 1. The number of rotatable bonds is 4. The zero-order valence-electron chi connectivity index (χ0n) is 16.8. The van der Waals surface area contributed by atoms with E-state index in [2.05, 4.69) is 46.5 Å². The SMILES string of the molecule is CC(Sc1nncn1C)c1cccc(NC(=O)N2CCC23CCN(C)CC3)c1. The monoisotopic (exact) mass is 400 g/mol. The Bertz CT molecular complexity index is 845. The van der Waals surface area contributed by atoms with Crippen molar-refractivity contribution in [3.8, 4) is 0 Å². The van der Waals surface area contributed by atoms with Gasteiger partial charge in [-0.25, -0.2) is 4.79 Å². The molecule has 2 saturated heterocycles. The van der Waals surface area contributed by atoms with E-state index >= 15 is 0 Å². The number of benzene rings is 1. The van der Waals surface area contributed by atoms with Gasteiger partial charge in [0.25, 0.3) is 0 Å². The van der Waals surface area contributed by atoms with Crippen molar-refractivity contribution in [1.29, 1.82) is 0 Å². The van der Waals surface area contributed by atoms with Crippen molar-refractivity contribution in [3.63, 3.8) is 0 Å². The molecule has 1 unspecified atom stereocenters. The number of nitrogens with one attached hydrogen (secondary N) is 1. The number of hydrogen-bond donors (Lipinski definition) is 1. The van der Waals surface area contributed by atoms with Gasteiger partial charge < -0.3 is 19.7 Å². The number of aryl methyl sites for hydroxylation is 1. The molecule has 8 heteroatoms. The molecule has 2 amide bonds. The summed E-state index contributed by atoms with van der Waals surface area (Å²) in [7, 11) is 4.10. The number of likely N-dealkylation sites (tertiary alicyclic amines) is 2. The van der Waals surface area contributed by atoms with Crippen LogP contribution in [0.5, 0.6) is 0 Å². The fraction of sp³-hybridized carbons (Fsp3) is 0.550. The Labute approximate surface area is 170 Å². The van der Waals surface area contributed by atoms with E-state index < -0.39 is 0 Å². The van der Waals surface area contributed by atoms with Crippen LogP contribution in [0.4, 0.5) is 10.5 Å². The average molecular weight is 401 g/mol. The largest absolute Gasteiger partial charge is 0.322 e. The predicted molar refractivity (Wildman–Crippen MR) is 112 cm³/mol. The fourth-order valence-corrected chi connectivity index (χ4v) is 4.98. The molecule has 0 radical (unpaired) electrons. The average Bonchev–Trinajstić information content (AvgIpc) is 3.06. The van der Waals surface area contributed by atoms with E-state index in [0.717, 1.165) is 55.3 Å². The second kappa shape index (κ2) is 7.75. The molecule has 2 aliphatic rings. The van der Waals surface area contributed by atoms with E-state index in [1.165, 1.54) is 0 Å². The predicted octanol–water partition coefficient (Wildman–Crippen LogP) is 3.37.